The van der Waals surface area contributed by atoms with Crippen LogP contribution < -0.4 is 0 Å². The molecule has 24 aromatic rings. The minimum Gasteiger partial charge on any atom is -0.370 e. The Kier molecular flexibility index (Phi) is 15.9. The number of rotatable bonds is 0. The number of para-hydroxylation sites is 8. The van der Waals surface area contributed by atoms with Crippen molar-refractivity contribution in [1.82, 2.24) is 47.5 Å². The fourth-order valence-electron chi connectivity index (χ4n) is 17.3. The molecule has 9 heterocycles. The first-order valence-electron chi connectivity index (χ1n) is 37.8. The quantitative estimate of drug-likeness (QED) is 0.0829. The third-order valence-electron chi connectivity index (χ3n) is 22.6. The van der Waals surface area contributed by atoms with Crippen LogP contribution in [-0.4, -0.2) is 47.5 Å². The molecule has 24 rings (SSSR count). The molecule has 552 valence electrons. The lowest BCUT2D eigenvalue weighted by Crippen LogP contribution is -1.96. The predicted octanol–water partition coefficient (Wildman–Crippen LogP) is 28.0. The van der Waals surface area contributed by atoms with E-state index < -0.39 is 0 Å². The summed E-state index contributed by atoms with van der Waals surface area (Å²) in [6, 6.07) is 87.8. The van der Waals surface area contributed by atoms with Crippen LogP contribution in [0, 0.1) is 77.1 Å². The van der Waals surface area contributed by atoms with Crippen LogP contribution in [0.15, 0.2) is 261 Å². The van der Waals surface area contributed by atoms with Gasteiger partial charge in [-0.1, -0.05) is 165 Å². The monoisotopic (exact) mass is 1550 g/mol. The number of hydrogen-bond acceptors (Lipinski definition) is 7. The fourth-order valence-corrected chi connectivity index (χ4v) is 17.3. The van der Waals surface area contributed by atoms with E-state index in [1.54, 1.807) is 6.07 Å². The molecular formula is C101H43N21. The van der Waals surface area contributed by atoms with Crippen molar-refractivity contribution in [3.05, 3.63) is 381 Å². The van der Waals surface area contributed by atoms with Gasteiger partial charge >= 0.3 is 0 Å². The standard InChI is InChI=1S/C27H10N6.C26H11N5.C25H12N4.C23H10N6/c1-29-23-19(14-28)26-22(24(30-2)25(23)31-3)17-12-15-8-4-5-9-16(15)13-18(17)27-32-20-10-6-7-11-21(20)33(26)27;1-27-20-14-22-23(25(29-3)24(20)28-2)17-12-15-8-4-5-9-16(15)13-18(17)26-30-19-10-6-7-11-21(19)31(22)26;1-26-21-13-18-17-11-15-7-3-4-8-16(15)12-19(17)25-28-20-9-5-6-10-23(20)29(25)24(18)14-22(21)27-2;1-24-20-21(25-2)28-23-19(27-20)15-11-13-7-3-4-8-14(13)12-16(15)22-26-17-9-5-6-10-18(17)29(22)23/h4-13H;4-14H;3-14H;3-12H. The highest BCUT2D eigenvalue weighted by Gasteiger charge is 2.29. The van der Waals surface area contributed by atoms with Gasteiger partial charge < -0.3 is 9.69 Å². The number of aromatic nitrogens is 10. The van der Waals surface area contributed by atoms with Crippen LogP contribution in [0.4, 0.5) is 57.1 Å². The molecule has 122 heavy (non-hydrogen) atoms. The van der Waals surface area contributed by atoms with Crippen molar-refractivity contribution in [3.63, 3.8) is 0 Å². The van der Waals surface area contributed by atoms with Gasteiger partial charge in [0.25, 0.3) is 17.3 Å². The highest BCUT2D eigenvalue weighted by atomic mass is 15.1. The van der Waals surface area contributed by atoms with Crippen LogP contribution in [0.2, 0.25) is 0 Å². The second-order valence-electron chi connectivity index (χ2n) is 28.8. The van der Waals surface area contributed by atoms with Gasteiger partial charge in [0.1, 0.15) is 22.6 Å². The van der Waals surface area contributed by atoms with E-state index in [1.807, 2.05) is 207 Å². The minimum absolute atomic E-state index is 0.00622. The van der Waals surface area contributed by atoms with Gasteiger partial charge in [-0.15, -0.1) is 9.97 Å². The first kappa shape index (κ1) is 70.5. The van der Waals surface area contributed by atoms with Crippen LogP contribution in [0.1, 0.15) is 5.56 Å². The number of hydrogen-bond donors (Lipinski definition) is 0. The van der Waals surface area contributed by atoms with Gasteiger partial charge in [-0.25, -0.2) is 19.9 Å². The Morgan fingerprint density at radius 1 is 0.238 bits per heavy atom. The number of benzene rings is 15. The smallest absolute Gasteiger partial charge is 0.295 e. The van der Waals surface area contributed by atoms with Crippen LogP contribution in [-0.2, 0) is 0 Å². The Bertz CT molecular complexity index is 9280. The summed E-state index contributed by atoms with van der Waals surface area (Å²) < 4.78 is 7.93. The molecule has 0 N–H and O–H groups in total. The van der Waals surface area contributed by atoms with Crippen molar-refractivity contribution < 1.29 is 0 Å². The number of pyridine rings is 4. The van der Waals surface area contributed by atoms with E-state index in [2.05, 4.69) is 130 Å². The van der Waals surface area contributed by atoms with Crippen molar-refractivity contribution in [2.45, 2.75) is 0 Å². The Labute approximate surface area is 689 Å². The highest BCUT2D eigenvalue weighted by molar-refractivity contribution is 6.28. The number of imidazole rings is 4. The van der Waals surface area contributed by atoms with Crippen molar-refractivity contribution in [2.24, 2.45) is 0 Å². The maximum atomic E-state index is 10.1. The lowest BCUT2D eigenvalue weighted by molar-refractivity contribution is 1.21. The van der Waals surface area contributed by atoms with Crippen molar-refractivity contribution >= 4 is 254 Å². The molecule has 0 radical (unpaired) electrons. The van der Waals surface area contributed by atoms with Gasteiger partial charge in [0.2, 0.25) is 22.6 Å². The third-order valence-corrected chi connectivity index (χ3v) is 22.6. The molecule has 0 atom stereocenters. The average molecular weight is 1550 g/mol. The number of nitriles is 1. The van der Waals surface area contributed by atoms with E-state index in [1.165, 1.54) is 0 Å². The van der Waals surface area contributed by atoms with E-state index in [4.69, 9.17) is 85.7 Å². The normalized spacial score (nSPS) is 11.2. The van der Waals surface area contributed by atoms with Gasteiger partial charge in [0.05, 0.1) is 108 Å². The molecule has 0 saturated heterocycles. The molecule has 0 saturated carbocycles. The van der Waals surface area contributed by atoms with E-state index in [-0.39, 0.29) is 51.3 Å². The zero-order valence-corrected chi connectivity index (χ0v) is 63.2. The summed E-state index contributed by atoms with van der Waals surface area (Å²) >= 11 is 0. The molecular weight excluding hydrogens is 1510 g/mol. The Morgan fingerprint density at radius 2 is 0.574 bits per heavy atom. The summed E-state index contributed by atoms with van der Waals surface area (Å²) in [7, 11) is 0. The summed E-state index contributed by atoms with van der Waals surface area (Å²) in [4.78, 5) is 64.3. The van der Waals surface area contributed by atoms with Crippen LogP contribution in [0.25, 0.3) is 245 Å². The summed E-state index contributed by atoms with van der Waals surface area (Å²) in [5.41, 5.74) is 14.4. The van der Waals surface area contributed by atoms with Crippen molar-refractivity contribution in [3.8, 4) is 6.07 Å². The topological polar surface area (TPSA) is 162 Å². The first-order valence-corrected chi connectivity index (χ1v) is 37.8. The zero-order chi connectivity index (χ0) is 82.9. The minimum atomic E-state index is -0.0924. The summed E-state index contributed by atoms with van der Waals surface area (Å²) in [5, 5.41) is 28.1. The third kappa shape index (κ3) is 10.4. The number of nitrogens with zero attached hydrogens (tertiary/aromatic N) is 21. The van der Waals surface area contributed by atoms with Crippen molar-refractivity contribution in [1.29, 1.82) is 5.26 Å². The molecule has 0 unspecified atom stereocenters. The molecule has 21 heteroatoms. The van der Waals surface area contributed by atoms with Crippen LogP contribution in [0.5, 0.6) is 0 Å². The second kappa shape index (κ2) is 27.5. The molecule has 0 aliphatic rings. The maximum absolute atomic E-state index is 10.1. The molecule has 0 aliphatic heterocycles. The summed E-state index contributed by atoms with van der Waals surface area (Å²) in [5.74, 6) is 0.0254. The molecule has 0 fully saturated rings. The largest absolute Gasteiger partial charge is 0.370 e. The predicted molar refractivity (Wildman–Crippen MR) is 484 cm³/mol. The molecule has 15 aromatic carbocycles. The van der Waals surface area contributed by atoms with Gasteiger partial charge in [-0.05, 0) is 185 Å². The summed E-state index contributed by atoms with van der Waals surface area (Å²) in [6.45, 7) is 76.3. The van der Waals surface area contributed by atoms with E-state index in [0.717, 1.165) is 164 Å². The molecule has 0 bridgehead atoms. The van der Waals surface area contributed by atoms with E-state index in [0.29, 0.717) is 44.5 Å². The van der Waals surface area contributed by atoms with Crippen LogP contribution >= 0.6 is 0 Å². The molecule has 9 aromatic heterocycles. The number of fused-ring (bicyclic) bond motifs is 36. The van der Waals surface area contributed by atoms with Crippen LogP contribution in [0.3, 0.4) is 0 Å². The highest BCUT2D eigenvalue weighted by Crippen LogP contribution is 2.53. The molecule has 0 amide bonds. The Hall–Kier alpha value is -19.3. The Balaban J connectivity index is 0.000000100. The maximum Gasteiger partial charge on any atom is 0.295 e. The Morgan fingerprint density at radius 3 is 1.02 bits per heavy atom. The van der Waals surface area contributed by atoms with E-state index in [9.17, 15) is 5.26 Å². The lowest BCUT2D eigenvalue weighted by Gasteiger charge is -2.15. The molecule has 0 aliphatic carbocycles. The zero-order valence-electron chi connectivity index (χ0n) is 63.2. The summed E-state index contributed by atoms with van der Waals surface area (Å²) in [6.07, 6.45) is 0. The molecule has 21 nitrogen and oxygen atoms in total. The van der Waals surface area contributed by atoms with Gasteiger partial charge in [0, 0.05) is 43.5 Å². The average Bonchev–Trinajstić information content (AvgIpc) is 1.39. The van der Waals surface area contributed by atoms with E-state index >= 15 is 0 Å². The van der Waals surface area contributed by atoms with Gasteiger partial charge in [0.15, 0.2) is 28.4 Å². The van der Waals surface area contributed by atoms with Crippen molar-refractivity contribution in [2.75, 3.05) is 0 Å². The van der Waals surface area contributed by atoms with Gasteiger partial charge in [-0.2, -0.15) is 5.26 Å². The lowest BCUT2D eigenvalue weighted by atomic mass is 9.96. The van der Waals surface area contributed by atoms with Gasteiger partial charge in [-0.3, -0.25) is 56.4 Å². The second-order valence-corrected chi connectivity index (χ2v) is 28.8. The molecule has 0 spiro atoms. The first-order chi connectivity index (χ1) is 60.0. The fraction of sp³-hybridized carbons (Fsp3) is 0. The SMILES string of the molecule is [C-]#[N+]c1c([N+]#[C-])c(C#N)c2c(c1[N+]#[C-])c1cc3ccccc3cc1c1nc3ccccc3n12.[C-]#[N+]c1cc2c(c([N+]#[C-])c1[N+]#[C-])c1cc3ccccc3cc1c1nc3ccccc3n21.[C-]#[N+]c1cc2c3cc4ccccc4cc3c3nc4ccccc4n3c2cc1[N+]#[C-].[C-]#[N+]c1nc2c3cc4ccccc4cc3c3nc4ccccc4n3c2nc1[N+]#[C-].